The number of amides is 2. The van der Waals surface area contributed by atoms with E-state index < -0.39 is 17.5 Å². The van der Waals surface area contributed by atoms with Crippen LogP contribution in [-0.4, -0.2) is 46.3 Å². The number of benzene rings is 1. The van der Waals surface area contributed by atoms with Crippen LogP contribution in [0, 0.1) is 0 Å². The van der Waals surface area contributed by atoms with Gasteiger partial charge in [-0.3, -0.25) is 0 Å². The second-order valence-electron chi connectivity index (χ2n) is 4.99. The molecule has 0 heterocycles. The molecule has 0 fully saturated rings. The van der Waals surface area contributed by atoms with E-state index in [2.05, 4.69) is 21.2 Å². The molecule has 3 N–H and O–H groups in total. The third-order valence-corrected chi connectivity index (χ3v) is 3.45. The number of hydrogen-bond acceptors (Lipinski definition) is 3. The van der Waals surface area contributed by atoms with Crippen molar-refractivity contribution in [1.29, 1.82) is 0 Å². The quantitative estimate of drug-likeness (QED) is 0.782. The van der Waals surface area contributed by atoms with Gasteiger partial charge < -0.3 is 20.4 Å². The van der Waals surface area contributed by atoms with Gasteiger partial charge in [0.1, 0.15) is 0 Å². The molecule has 0 aromatic heterocycles. The Kier molecular flexibility index (Phi) is 5.13. The maximum atomic E-state index is 12.1. The van der Waals surface area contributed by atoms with Crippen molar-refractivity contribution in [2.24, 2.45) is 0 Å². The Hall–Kier alpha value is -1.60. The summed E-state index contributed by atoms with van der Waals surface area (Å²) in [6.07, 6.45) is 0. The van der Waals surface area contributed by atoms with E-state index in [1.54, 1.807) is 27.0 Å². The van der Waals surface area contributed by atoms with Crippen LogP contribution >= 0.6 is 15.9 Å². The predicted molar refractivity (Wildman–Crippen MR) is 79.0 cm³/mol. The van der Waals surface area contributed by atoms with Crippen LogP contribution in [0.2, 0.25) is 0 Å². The number of nitrogens with zero attached hydrogens (tertiary/aromatic N) is 1. The number of carbonyl (C=O) groups is 2. The number of likely N-dealkylation sites (N-methyl/N-ethyl adjacent to an activating group) is 1. The largest absolute Gasteiger partial charge is 0.478 e. The summed E-state index contributed by atoms with van der Waals surface area (Å²) in [6.45, 7) is 3.25. The van der Waals surface area contributed by atoms with Crippen molar-refractivity contribution in [3.63, 3.8) is 0 Å². The van der Waals surface area contributed by atoms with Gasteiger partial charge >= 0.3 is 12.0 Å². The molecule has 0 atom stereocenters. The molecule has 110 valence electrons. The van der Waals surface area contributed by atoms with E-state index in [9.17, 15) is 14.7 Å². The molecule has 0 radical (unpaired) electrons. The number of urea groups is 1. The van der Waals surface area contributed by atoms with Crippen molar-refractivity contribution in [1.82, 2.24) is 4.90 Å². The van der Waals surface area contributed by atoms with Gasteiger partial charge in [0.05, 0.1) is 17.7 Å². The maximum Gasteiger partial charge on any atom is 0.335 e. The second-order valence-corrected chi connectivity index (χ2v) is 5.91. The van der Waals surface area contributed by atoms with Gasteiger partial charge in [-0.25, -0.2) is 9.59 Å². The van der Waals surface area contributed by atoms with Gasteiger partial charge in [0.25, 0.3) is 0 Å². The van der Waals surface area contributed by atoms with Crippen molar-refractivity contribution >= 4 is 33.6 Å². The molecule has 7 heteroatoms. The van der Waals surface area contributed by atoms with Gasteiger partial charge in [-0.15, -0.1) is 0 Å². The normalized spacial score (nSPS) is 11.1. The lowest BCUT2D eigenvalue weighted by Gasteiger charge is -2.33. The van der Waals surface area contributed by atoms with Gasteiger partial charge in [0.15, 0.2) is 0 Å². The van der Waals surface area contributed by atoms with E-state index in [4.69, 9.17) is 5.11 Å². The zero-order chi connectivity index (χ0) is 15.5. The second kappa shape index (κ2) is 6.23. The molecule has 0 saturated carbocycles. The summed E-state index contributed by atoms with van der Waals surface area (Å²) in [5.41, 5.74) is -0.285. The lowest BCUT2D eigenvalue weighted by molar-refractivity contribution is 0.0696. The number of carboxylic acid groups (broad SMARTS) is 1. The molecule has 0 unspecified atom stereocenters. The molecule has 0 bridgehead atoms. The van der Waals surface area contributed by atoms with Gasteiger partial charge in [-0.2, -0.15) is 0 Å². The molecule has 0 aliphatic heterocycles. The van der Waals surface area contributed by atoms with Crippen LogP contribution < -0.4 is 5.32 Å². The number of carbonyl (C=O) groups excluding carboxylic acids is 1. The van der Waals surface area contributed by atoms with Crippen LogP contribution in [-0.2, 0) is 0 Å². The minimum atomic E-state index is -1.08. The van der Waals surface area contributed by atoms with E-state index in [0.717, 1.165) is 0 Å². The first-order valence-electron chi connectivity index (χ1n) is 5.87. The summed E-state index contributed by atoms with van der Waals surface area (Å²) in [6, 6.07) is 3.98. The third-order valence-electron chi connectivity index (χ3n) is 3.00. The molecular formula is C13H17BrN2O4. The van der Waals surface area contributed by atoms with Crippen molar-refractivity contribution in [2.45, 2.75) is 19.4 Å². The Morgan fingerprint density at radius 2 is 1.95 bits per heavy atom. The van der Waals surface area contributed by atoms with Crippen molar-refractivity contribution in [3.05, 3.63) is 28.2 Å². The first kappa shape index (κ1) is 16.5. The molecule has 2 amide bonds. The number of anilines is 1. The Balaban J connectivity index is 2.94. The van der Waals surface area contributed by atoms with E-state index in [1.165, 1.54) is 17.0 Å². The van der Waals surface area contributed by atoms with E-state index in [0.29, 0.717) is 10.2 Å². The molecule has 0 saturated heterocycles. The van der Waals surface area contributed by atoms with E-state index in [1.807, 2.05) is 0 Å². The average molecular weight is 345 g/mol. The van der Waals surface area contributed by atoms with E-state index >= 15 is 0 Å². The zero-order valence-electron chi connectivity index (χ0n) is 11.5. The van der Waals surface area contributed by atoms with Gasteiger partial charge in [-0.05, 0) is 32.0 Å². The minimum absolute atomic E-state index is 0.0683. The van der Waals surface area contributed by atoms with Crippen LogP contribution in [0.5, 0.6) is 0 Å². The van der Waals surface area contributed by atoms with Crippen LogP contribution in [0.3, 0.4) is 0 Å². The fourth-order valence-corrected chi connectivity index (χ4v) is 1.87. The smallest absolute Gasteiger partial charge is 0.335 e. The highest BCUT2D eigenvalue weighted by atomic mass is 79.9. The zero-order valence-corrected chi connectivity index (χ0v) is 13.1. The molecule has 1 aromatic carbocycles. The number of aromatic carboxylic acids is 1. The summed E-state index contributed by atoms with van der Waals surface area (Å²) < 4.78 is 0.553. The van der Waals surface area contributed by atoms with Gasteiger partial charge in [0, 0.05) is 17.2 Å². The number of rotatable bonds is 4. The predicted octanol–water partition coefficient (Wildman–Crippen LogP) is 2.38. The Labute approximate surface area is 125 Å². The molecule has 6 nitrogen and oxygen atoms in total. The monoisotopic (exact) mass is 344 g/mol. The number of nitrogens with one attached hydrogen (secondary N) is 1. The molecule has 0 aliphatic carbocycles. The third kappa shape index (κ3) is 3.94. The molecular weight excluding hydrogens is 328 g/mol. The molecule has 0 aliphatic rings. The molecule has 1 aromatic rings. The number of halogens is 1. The maximum absolute atomic E-state index is 12.1. The molecule has 0 spiro atoms. The highest BCUT2D eigenvalue weighted by Gasteiger charge is 2.26. The number of carboxylic acids is 1. The average Bonchev–Trinajstić information content (AvgIpc) is 2.36. The summed E-state index contributed by atoms with van der Waals surface area (Å²) in [5.74, 6) is -1.08. The fourth-order valence-electron chi connectivity index (χ4n) is 1.37. The van der Waals surface area contributed by atoms with Crippen LogP contribution in [0.1, 0.15) is 24.2 Å². The number of hydrogen-bond donors (Lipinski definition) is 3. The van der Waals surface area contributed by atoms with E-state index in [-0.39, 0.29) is 12.2 Å². The Morgan fingerprint density at radius 3 is 2.45 bits per heavy atom. The topological polar surface area (TPSA) is 89.9 Å². The summed E-state index contributed by atoms with van der Waals surface area (Å²) in [5, 5.41) is 20.8. The summed E-state index contributed by atoms with van der Waals surface area (Å²) >= 11 is 3.19. The first-order valence-corrected chi connectivity index (χ1v) is 6.66. The summed E-state index contributed by atoms with van der Waals surface area (Å²) in [4.78, 5) is 24.4. The van der Waals surface area contributed by atoms with Crippen LogP contribution in [0.15, 0.2) is 22.7 Å². The standard InChI is InChI=1S/C13H17BrN2O4/c1-13(2,7-17)16(3)12(20)15-10-5-8(11(18)19)4-9(14)6-10/h4-6,17H,7H2,1-3H3,(H,15,20)(H,18,19). The highest BCUT2D eigenvalue weighted by molar-refractivity contribution is 9.10. The molecule has 20 heavy (non-hydrogen) atoms. The van der Waals surface area contributed by atoms with Gasteiger partial charge in [0.2, 0.25) is 0 Å². The number of aliphatic hydroxyl groups is 1. The minimum Gasteiger partial charge on any atom is -0.478 e. The van der Waals surface area contributed by atoms with Crippen LogP contribution in [0.4, 0.5) is 10.5 Å². The molecule has 1 rings (SSSR count). The van der Waals surface area contributed by atoms with Gasteiger partial charge in [-0.1, -0.05) is 15.9 Å². The Morgan fingerprint density at radius 1 is 1.35 bits per heavy atom. The lowest BCUT2D eigenvalue weighted by atomic mass is 10.1. The SMILES string of the molecule is CN(C(=O)Nc1cc(Br)cc(C(=O)O)c1)C(C)(C)CO. The van der Waals surface area contributed by atoms with Crippen molar-refractivity contribution in [2.75, 3.05) is 19.0 Å². The Bertz CT molecular complexity index is 531. The fraction of sp³-hybridized carbons (Fsp3) is 0.385. The first-order chi connectivity index (χ1) is 9.17. The van der Waals surface area contributed by atoms with Crippen LogP contribution in [0.25, 0.3) is 0 Å². The lowest BCUT2D eigenvalue weighted by Crippen LogP contribution is -2.49. The number of aliphatic hydroxyl groups excluding tert-OH is 1. The van der Waals surface area contributed by atoms with Crippen molar-refractivity contribution in [3.8, 4) is 0 Å². The van der Waals surface area contributed by atoms with Crippen molar-refractivity contribution < 1.29 is 19.8 Å². The highest BCUT2D eigenvalue weighted by Crippen LogP contribution is 2.21. The summed E-state index contributed by atoms with van der Waals surface area (Å²) in [7, 11) is 1.56.